The van der Waals surface area contributed by atoms with Crippen LogP contribution < -0.4 is 19.1 Å². The van der Waals surface area contributed by atoms with Crippen molar-refractivity contribution in [1.82, 2.24) is 0 Å². The third-order valence-electron chi connectivity index (χ3n) is 6.88. The van der Waals surface area contributed by atoms with Crippen molar-refractivity contribution in [2.45, 2.75) is 59.0 Å². The van der Waals surface area contributed by atoms with E-state index in [1.807, 2.05) is 30.3 Å². The molecule has 0 heterocycles. The molecule has 7 heteroatoms. The van der Waals surface area contributed by atoms with Crippen molar-refractivity contribution in [3.63, 3.8) is 0 Å². The molecule has 2 unspecified atom stereocenters. The van der Waals surface area contributed by atoms with E-state index in [2.05, 4.69) is 25.7 Å². The van der Waals surface area contributed by atoms with Crippen LogP contribution in [0, 0.1) is 5.82 Å². The lowest BCUT2D eigenvalue weighted by Crippen LogP contribution is -2.28. The number of unbranched alkanes of at least 4 members (excludes halogenated alkanes) is 1. The Morgan fingerprint density at radius 3 is 2.34 bits per heavy atom. The van der Waals surface area contributed by atoms with Gasteiger partial charge in [0.2, 0.25) is 5.75 Å². The Bertz CT molecular complexity index is 1210. The van der Waals surface area contributed by atoms with Crippen LogP contribution in [0.3, 0.4) is 0 Å². The maximum Gasteiger partial charge on any atom is 0.340 e. The maximum atomic E-state index is 14.5. The number of methoxy groups -OCH3 is 2. The third kappa shape index (κ3) is 6.76. The van der Waals surface area contributed by atoms with E-state index >= 15 is 0 Å². The van der Waals surface area contributed by atoms with Gasteiger partial charge >= 0.3 is 5.97 Å². The summed E-state index contributed by atoms with van der Waals surface area (Å²) in [7, 11) is 3.06. The first kappa shape index (κ1) is 29.2. The average Bonchev–Trinajstić information content (AvgIpc) is 2.93. The first-order valence-electron chi connectivity index (χ1n) is 13.4. The standard InChI is InChI=1S/C31H40FNO5/c1-7-10-13-23(25-14-11-12-15-27(25)32)20-37-21(4)31(34)38-29-26-19-24(33(8-2)9-3)17-16-22(26)18-28(35-5)30(29)36-6/h11-12,14-19,21,23H,7-10,13,20H2,1-6H3. The predicted octanol–water partition coefficient (Wildman–Crippen LogP) is 7.13. The molecular weight excluding hydrogens is 485 g/mol. The summed E-state index contributed by atoms with van der Waals surface area (Å²) in [4.78, 5) is 15.5. The smallest absolute Gasteiger partial charge is 0.340 e. The zero-order chi connectivity index (χ0) is 27.7. The zero-order valence-corrected chi connectivity index (χ0v) is 23.4. The Morgan fingerprint density at radius 2 is 1.71 bits per heavy atom. The summed E-state index contributed by atoms with van der Waals surface area (Å²) in [5.41, 5.74) is 1.62. The molecule has 0 saturated carbocycles. The summed E-state index contributed by atoms with van der Waals surface area (Å²) in [5.74, 6) is 0.108. The van der Waals surface area contributed by atoms with E-state index in [1.165, 1.54) is 13.2 Å². The number of esters is 1. The van der Waals surface area contributed by atoms with E-state index in [1.54, 1.807) is 26.2 Å². The van der Waals surface area contributed by atoms with E-state index in [0.29, 0.717) is 17.1 Å². The number of benzene rings is 3. The molecule has 0 aliphatic carbocycles. The van der Waals surface area contributed by atoms with Crippen LogP contribution in [0.15, 0.2) is 48.5 Å². The van der Waals surface area contributed by atoms with Crippen LogP contribution in [0.1, 0.15) is 58.4 Å². The molecule has 3 aromatic rings. The van der Waals surface area contributed by atoms with Gasteiger partial charge in [-0.2, -0.15) is 0 Å². The number of carbonyl (C=O) groups is 1. The van der Waals surface area contributed by atoms with Gasteiger partial charge in [0.05, 0.1) is 20.8 Å². The summed E-state index contributed by atoms with van der Waals surface area (Å²) < 4.78 is 37.6. The lowest BCUT2D eigenvalue weighted by Gasteiger charge is -2.23. The van der Waals surface area contributed by atoms with Crippen LogP contribution in [-0.4, -0.2) is 46.0 Å². The summed E-state index contributed by atoms with van der Waals surface area (Å²) in [6.07, 6.45) is 1.81. The van der Waals surface area contributed by atoms with Gasteiger partial charge in [0.1, 0.15) is 5.82 Å². The van der Waals surface area contributed by atoms with Crippen LogP contribution in [-0.2, 0) is 9.53 Å². The second-order valence-corrected chi connectivity index (χ2v) is 9.28. The molecular formula is C31H40FNO5. The second-order valence-electron chi connectivity index (χ2n) is 9.28. The third-order valence-corrected chi connectivity index (χ3v) is 6.88. The van der Waals surface area contributed by atoms with E-state index in [0.717, 1.165) is 48.8 Å². The van der Waals surface area contributed by atoms with Gasteiger partial charge in [-0.15, -0.1) is 0 Å². The summed E-state index contributed by atoms with van der Waals surface area (Å²) in [6.45, 7) is 9.83. The highest BCUT2D eigenvalue weighted by atomic mass is 19.1. The van der Waals surface area contributed by atoms with E-state index in [4.69, 9.17) is 18.9 Å². The molecule has 0 amide bonds. The number of ether oxygens (including phenoxy) is 4. The van der Waals surface area contributed by atoms with Crippen molar-refractivity contribution in [2.24, 2.45) is 0 Å². The van der Waals surface area contributed by atoms with Gasteiger partial charge in [-0.1, -0.05) is 44.0 Å². The topological polar surface area (TPSA) is 57.2 Å². The molecule has 0 saturated heterocycles. The lowest BCUT2D eigenvalue weighted by atomic mass is 9.94. The highest BCUT2D eigenvalue weighted by molar-refractivity contribution is 5.97. The summed E-state index contributed by atoms with van der Waals surface area (Å²) >= 11 is 0. The lowest BCUT2D eigenvalue weighted by molar-refractivity contribution is -0.146. The molecule has 3 aromatic carbocycles. The Balaban J connectivity index is 1.88. The van der Waals surface area contributed by atoms with Crippen molar-refractivity contribution >= 4 is 22.4 Å². The van der Waals surface area contributed by atoms with Crippen LogP contribution in [0.4, 0.5) is 10.1 Å². The van der Waals surface area contributed by atoms with Crippen LogP contribution in [0.5, 0.6) is 17.2 Å². The minimum Gasteiger partial charge on any atom is -0.493 e. The molecule has 38 heavy (non-hydrogen) atoms. The monoisotopic (exact) mass is 525 g/mol. The van der Waals surface area contributed by atoms with Crippen molar-refractivity contribution < 1.29 is 28.1 Å². The number of hydrogen-bond donors (Lipinski definition) is 0. The number of anilines is 1. The molecule has 0 bridgehead atoms. The molecule has 3 rings (SSSR count). The molecule has 0 N–H and O–H groups in total. The minimum atomic E-state index is -0.872. The van der Waals surface area contributed by atoms with Crippen LogP contribution in [0.2, 0.25) is 0 Å². The predicted molar refractivity (Wildman–Crippen MR) is 150 cm³/mol. The molecule has 6 nitrogen and oxygen atoms in total. The van der Waals surface area contributed by atoms with E-state index in [9.17, 15) is 9.18 Å². The van der Waals surface area contributed by atoms with Crippen molar-refractivity contribution in [1.29, 1.82) is 0 Å². The quantitative estimate of drug-likeness (QED) is 0.165. The van der Waals surface area contributed by atoms with Crippen molar-refractivity contribution in [3.05, 3.63) is 59.9 Å². The number of rotatable bonds is 14. The maximum absolute atomic E-state index is 14.5. The molecule has 0 aliphatic rings. The Labute approximate surface area is 225 Å². The van der Waals surface area contributed by atoms with E-state index < -0.39 is 12.1 Å². The van der Waals surface area contributed by atoms with Gasteiger partial charge < -0.3 is 23.8 Å². The Morgan fingerprint density at radius 1 is 0.974 bits per heavy atom. The molecule has 0 aromatic heterocycles. The number of hydrogen-bond acceptors (Lipinski definition) is 6. The fourth-order valence-electron chi connectivity index (χ4n) is 4.64. The largest absolute Gasteiger partial charge is 0.493 e. The van der Waals surface area contributed by atoms with Crippen LogP contribution in [0.25, 0.3) is 10.8 Å². The van der Waals surface area contributed by atoms with Crippen LogP contribution >= 0.6 is 0 Å². The Kier molecular flexibility index (Phi) is 10.8. The SMILES string of the molecule is CCCCC(COC(C)C(=O)Oc1c(OC)c(OC)cc2ccc(N(CC)CC)cc12)c1ccccc1F. The number of fused-ring (bicyclic) bond motifs is 1. The van der Waals surface area contributed by atoms with Gasteiger partial charge in [-0.05, 0) is 62.4 Å². The summed E-state index contributed by atoms with van der Waals surface area (Å²) in [5, 5.41) is 1.59. The van der Waals surface area contributed by atoms with Gasteiger partial charge in [0.15, 0.2) is 17.6 Å². The minimum absolute atomic E-state index is 0.157. The second kappa shape index (κ2) is 14.0. The average molecular weight is 526 g/mol. The first-order chi connectivity index (χ1) is 18.4. The highest BCUT2D eigenvalue weighted by Gasteiger charge is 2.25. The van der Waals surface area contributed by atoms with Gasteiger partial charge in [0, 0.05) is 30.1 Å². The zero-order valence-electron chi connectivity index (χ0n) is 23.4. The van der Waals surface area contributed by atoms with Gasteiger partial charge in [-0.3, -0.25) is 0 Å². The normalized spacial score (nSPS) is 12.7. The van der Waals surface area contributed by atoms with Crippen molar-refractivity contribution in [2.75, 3.05) is 38.8 Å². The van der Waals surface area contributed by atoms with E-state index in [-0.39, 0.29) is 24.1 Å². The van der Waals surface area contributed by atoms with Gasteiger partial charge in [-0.25, -0.2) is 9.18 Å². The molecule has 2 atom stereocenters. The fourth-order valence-corrected chi connectivity index (χ4v) is 4.64. The Hall–Kier alpha value is -3.32. The highest BCUT2D eigenvalue weighted by Crippen LogP contribution is 2.44. The molecule has 0 radical (unpaired) electrons. The number of nitrogens with zero attached hydrogens (tertiary/aromatic N) is 1. The fraction of sp³-hybridized carbons (Fsp3) is 0.452. The number of carbonyl (C=O) groups excluding carboxylic acids is 1. The molecule has 0 aliphatic heterocycles. The first-order valence-corrected chi connectivity index (χ1v) is 13.4. The molecule has 0 fully saturated rings. The number of halogens is 1. The molecule has 0 spiro atoms. The van der Waals surface area contributed by atoms with Crippen molar-refractivity contribution in [3.8, 4) is 17.2 Å². The van der Waals surface area contributed by atoms with Gasteiger partial charge in [0.25, 0.3) is 0 Å². The summed E-state index contributed by atoms with van der Waals surface area (Å²) in [6, 6.07) is 14.6. The molecule has 206 valence electrons.